The average molecular weight is 288 g/mol. The summed E-state index contributed by atoms with van der Waals surface area (Å²) >= 11 is 1.41. The van der Waals surface area contributed by atoms with Crippen molar-refractivity contribution in [2.45, 2.75) is 9.79 Å². The van der Waals surface area contributed by atoms with Gasteiger partial charge in [-0.05, 0) is 40.6 Å². The van der Waals surface area contributed by atoms with Gasteiger partial charge in [0, 0.05) is 21.5 Å². The van der Waals surface area contributed by atoms with Gasteiger partial charge >= 0.3 is 5.69 Å². The number of benzene rings is 2. The summed E-state index contributed by atoms with van der Waals surface area (Å²) in [7, 11) is 0. The smallest absolute Gasteiger partial charge is 0.300 e. The Balaban J connectivity index is 2.04. The van der Waals surface area contributed by atoms with E-state index in [2.05, 4.69) is 14.9 Å². The molecule has 8 heteroatoms. The Hall–Kier alpha value is -2.61. The molecule has 0 radical (unpaired) electrons. The third-order valence-corrected chi connectivity index (χ3v) is 3.72. The molecule has 0 aliphatic rings. The molecule has 1 heterocycles. The van der Waals surface area contributed by atoms with Gasteiger partial charge in [-0.25, -0.2) is 4.63 Å². The van der Waals surface area contributed by atoms with E-state index in [9.17, 15) is 10.1 Å². The van der Waals surface area contributed by atoms with E-state index < -0.39 is 4.92 Å². The van der Waals surface area contributed by atoms with Crippen molar-refractivity contribution in [2.75, 3.05) is 5.73 Å². The van der Waals surface area contributed by atoms with Crippen LogP contribution in [0, 0.1) is 10.1 Å². The number of nitrogens with zero attached hydrogens (tertiary/aromatic N) is 3. The molecule has 100 valence electrons. The molecule has 0 atom stereocenters. The molecule has 0 aliphatic carbocycles. The summed E-state index contributed by atoms with van der Waals surface area (Å²) in [4.78, 5) is 12.1. The molecule has 0 unspecified atom stereocenters. The zero-order chi connectivity index (χ0) is 14.1. The first-order valence-corrected chi connectivity index (χ1v) is 6.40. The molecule has 1 aromatic heterocycles. The highest BCUT2D eigenvalue weighted by atomic mass is 32.2. The minimum absolute atomic E-state index is 0.122. The molecule has 0 amide bonds. The standard InChI is InChI=1S/C12H8N4O3S/c13-7-1-3-8(4-2-7)20-10-6-5-9(16(17)18)11-12(10)15-19-14-11/h1-6H,13H2. The second-order valence-electron chi connectivity index (χ2n) is 3.97. The number of hydrogen-bond donors (Lipinski definition) is 1. The van der Waals surface area contributed by atoms with Crippen LogP contribution in [0.2, 0.25) is 0 Å². The molecule has 0 saturated carbocycles. The van der Waals surface area contributed by atoms with Crippen molar-refractivity contribution in [3.63, 3.8) is 0 Å². The first-order chi connectivity index (χ1) is 9.65. The van der Waals surface area contributed by atoms with Crippen LogP contribution in [0.4, 0.5) is 11.4 Å². The Morgan fingerprint density at radius 1 is 1.10 bits per heavy atom. The summed E-state index contributed by atoms with van der Waals surface area (Å²) in [5, 5.41) is 18.2. The number of nitro groups is 1. The van der Waals surface area contributed by atoms with Gasteiger partial charge in [0.05, 0.1) is 4.92 Å². The first kappa shape index (κ1) is 12.4. The number of rotatable bonds is 3. The van der Waals surface area contributed by atoms with E-state index in [1.807, 2.05) is 12.1 Å². The fourth-order valence-corrected chi connectivity index (χ4v) is 2.62. The summed E-state index contributed by atoms with van der Waals surface area (Å²) in [6.45, 7) is 0. The highest BCUT2D eigenvalue weighted by molar-refractivity contribution is 7.99. The monoisotopic (exact) mass is 288 g/mol. The average Bonchev–Trinajstić information content (AvgIpc) is 2.91. The molecule has 3 aromatic rings. The molecule has 7 nitrogen and oxygen atoms in total. The largest absolute Gasteiger partial charge is 0.399 e. The molecule has 0 fully saturated rings. The van der Waals surface area contributed by atoms with Crippen LogP contribution in [0.5, 0.6) is 0 Å². The highest BCUT2D eigenvalue weighted by Crippen LogP contribution is 2.35. The second kappa shape index (κ2) is 4.82. The van der Waals surface area contributed by atoms with E-state index in [4.69, 9.17) is 5.73 Å². The Morgan fingerprint density at radius 3 is 2.50 bits per heavy atom. The summed E-state index contributed by atoms with van der Waals surface area (Å²) in [5.41, 5.74) is 6.70. The van der Waals surface area contributed by atoms with Gasteiger partial charge in [0.2, 0.25) is 5.52 Å². The number of aromatic nitrogens is 2. The molecule has 2 aromatic carbocycles. The molecule has 0 aliphatic heterocycles. The summed E-state index contributed by atoms with van der Waals surface area (Å²) in [5.74, 6) is 0. The van der Waals surface area contributed by atoms with Gasteiger partial charge in [0.15, 0.2) is 5.52 Å². The van der Waals surface area contributed by atoms with Crippen LogP contribution in [0.3, 0.4) is 0 Å². The van der Waals surface area contributed by atoms with Crippen molar-refractivity contribution in [1.82, 2.24) is 10.3 Å². The molecule has 2 N–H and O–H groups in total. The van der Waals surface area contributed by atoms with Gasteiger partial charge in [-0.3, -0.25) is 10.1 Å². The highest BCUT2D eigenvalue weighted by Gasteiger charge is 2.19. The molecule has 3 rings (SSSR count). The predicted molar refractivity (Wildman–Crippen MR) is 73.4 cm³/mol. The number of nitro benzene ring substituents is 1. The van der Waals surface area contributed by atoms with Crippen LogP contribution in [-0.2, 0) is 0 Å². The van der Waals surface area contributed by atoms with Crippen molar-refractivity contribution in [1.29, 1.82) is 0 Å². The number of nitrogens with two attached hydrogens (primary N) is 1. The van der Waals surface area contributed by atoms with E-state index in [1.54, 1.807) is 18.2 Å². The minimum Gasteiger partial charge on any atom is -0.399 e. The lowest BCUT2D eigenvalue weighted by molar-refractivity contribution is -0.383. The van der Waals surface area contributed by atoms with Crippen molar-refractivity contribution in [3.8, 4) is 0 Å². The van der Waals surface area contributed by atoms with Gasteiger partial charge < -0.3 is 5.73 Å². The Morgan fingerprint density at radius 2 is 1.80 bits per heavy atom. The number of fused-ring (bicyclic) bond motifs is 1. The minimum atomic E-state index is -0.510. The first-order valence-electron chi connectivity index (χ1n) is 5.58. The van der Waals surface area contributed by atoms with E-state index >= 15 is 0 Å². The molecule has 0 saturated heterocycles. The van der Waals surface area contributed by atoms with Crippen molar-refractivity contribution < 1.29 is 9.55 Å². The SMILES string of the molecule is Nc1ccc(Sc2ccc([N+](=O)[O-])c3nonc23)cc1. The molecule has 20 heavy (non-hydrogen) atoms. The Bertz CT molecular complexity index is 785. The normalized spacial score (nSPS) is 10.8. The molecule has 0 bridgehead atoms. The maximum absolute atomic E-state index is 10.9. The number of anilines is 1. The van der Waals surface area contributed by atoms with Gasteiger partial charge in [0.1, 0.15) is 0 Å². The lowest BCUT2D eigenvalue weighted by Crippen LogP contribution is -1.90. The molecular weight excluding hydrogens is 280 g/mol. The van der Waals surface area contributed by atoms with Gasteiger partial charge in [-0.2, -0.15) is 0 Å². The maximum atomic E-state index is 10.9. The number of non-ortho nitro benzene ring substituents is 1. The van der Waals surface area contributed by atoms with Crippen LogP contribution in [-0.4, -0.2) is 15.2 Å². The van der Waals surface area contributed by atoms with Crippen molar-refractivity contribution in [2.24, 2.45) is 0 Å². The van der Waals surface area contributed by atoms with E-state index in [1.165, 1.54) is 17.8 Å². The zero-order valence-corrected chi connectivity index (χ0v) is 10.8. The molecular formula is C12H8N4O3S. The maximum Gasteiger partial charge on any atom is 0.300 e. The van der Waals surface area contributed by atoms with E-state index in [0.29, 0.717) is 11.2 Å². The van der Waals surface area contributed by atoms with Crippen LogP contribution in [0.15, 0.2) is 50.8 Å². The third kappa shape index (κ3) is 2.16. The third-order valence-electron chi connectivity index (χ3n) is 2.66. The lowest BCUT2D eigenvalue weighted by atomic mass is 10.3. The van der Waals surface area contributed by atoms with Gasteiger partial charge in [-0.1, -0.05) is 11.8 Å². The summed E-state index contributed by atoms with van der Waals surface area (Å²) in [6, 6.07) is 10.3. The quantitative estimate of drug-likeness (QED) is 0.448. The van der Waals surface area contributed by atoms with Crippen molar-refractivity contribution >= 4 is 34.2 Å². The summed E-state index contributed by atoms with van der Waals surface area (Å²) < 4.78 is 4.62. The topological polar surface area (TPSA) is 108 Å². The summed E-state index contributed by atoms with van der Waals surface area (Å²) in [6.07, 6.45) is 0. The van der Waals surface area contributed by atoms with Crippen molar-refractivity contribution in [3.05, 3.63) is 46.5 Å². The number of nitrogen functional groups attached to an aromatic ring is 1. The molecule has 0 spiro atoms. The van der Waals surface area contributed by atoms with Crippen LogP contribution in [0.1, 0.15) is 0 Å². The Kier molecular flexibility index (Phi) is 2.99. The van der Waals surface area contributed by atoms with Gasteiger partial charge in [-0.15, -0.1) is 0 Å². The second-order valence-corrected chi connectivity index (χ2v) is 5.09. The van der Waals surface area contributed by atoms with Gasteiger partial charge in [0.25, 0.3) is 0 Å². The van der Waals surface area contributed by atoms with E-state index in [-0.39, 0.29) is 11.2 Å². The van der Waals surface area contributed by atoms with Crippen LogP contribution in [0.25, 0.3) is 11.0 Å². The fraction of sp³-hybridized carbons (Fsp3) is 0. The number of hydrogen-bond acceptors (Lipinski definition) is 7. The fourth-order valence-electron chi connectivity index (χ4n) is 1.72. The zero-order valence-electron chi connectivity index (χ0n) is 10.0. The van der Waals surface area contributed by atoms with Crippen LogP contribution < -0.4 is 5.73 Å². The Labute approximate surface area is 116 Å². The van der Waals surface area contributed by atoms with Crippen LogP contribution >= 0.6 is 11.8 Å². The lowest BCUT2D eigenvalue weighted by Gasteiger charge is -2.02. The predicted octanol–water partition coefficient (Wildman–Crippen LogP) is 2.86. The van der Waals surface area contributed by atoms with E-state index in [0.717, 1.165) is 9.79 Å².